The van der Waals surface area contributed by atoms with Gasteiger partial charge in [0.25, 0.3) is 0 Å². The van der Waals surface area contributed by atoms with E-state index in [1.165, 1.54) is 0 Å². The smallest absolute Gasteiger partial charge is 0.142 e. The van der Waals surface area contributed by atoms with E-state index in [1.54, 1.807) is 19.5 Å². The summed E-state index contributed by atoms with van der Waals surface area (Å²) in [7, 11) is 1.71. The van der Waals surface area contributed by atoms with Crippen LogP contribution in [0.4, 0.5) is 5.69 Å². The predicted octanol–water partition coefficient (Wildman–Crippen LogP) is 1.95. The molecule has 0 bridgehead atoms. The maximum atomic E-state index is 10.3. The van der Waals surface area contributed by atoms with Gasteiger partial charge in [0, 0.05) is 50.7 Å². The molecule has 1 fully saturated rings. The van der Waals surface area contributed by atoms with Crippen LogP contribution in [0.1, 0.15) is 11.7 Å². The lowest BCUT2D eigenvalue weighted by atomic mass is 10.1. The van der Waals surface area contributed by atoms with E-state index in [9.17, 15) is 5.11 Å². The van der Waals surface area contributed by atoms with Gasteiger partial charge in [-0.3, -0.25) is 9.88 Å². The van der Waals surface area contributed by atoms with Gasteiger partial charge in [-0.2, -0.15) is 0 Å². The van der Waals surface area contributed by atoms with Crippen molar-refractivity contribution >= 4 is 5.69 Å². The zero-order valence-corrected chi connectivity index (χ0v) is 13.4. The number of benzene rings is 1. The number of aliphatic hydroxyl groups is 1. The van der Waals surface area contributed by atoms with Crippen molar-refractivity contribution in [3.05, 3.63) is 54.4 Å². The first-order chi connectivity index (χ1) is 11.3. The molecule has 2 aromatic rings. The minimum Gasteiger partial charge on any atom is -0.495 e. The van der Waals surface area contributed by atoms with Gasteiger partial charge in [0.15, 0.2) is 0 Å². The first-order valence-electron chi connectivity index (χ1n) is 7.96. The number of rotatable bonds is 5. The van der Waals surface area contributed by atoms with Gasteiger partial charge in [-0.05, 0) is 18.2 Å². The number of piperazine rings is 1. The molecule has 122 valence electrons. The summed E-state index contributed by atoms with van der Waals surface area (Å²) in [5.74, 6) is 0.913. The average Bonchev–Trinajstić information content (AvgIpc) is 2.63. The molecule has 0 radical (unpaired) electrons. The maximum absolute atomic E-state index is 10.3. The van der Waals surface area contributed by atoms with Gasteiger partial charge in [-0.15, -0.1) is 0 Å². The summed E-state index contributed by atoms with van der Waals surface area (Å²) in [6, 6.07) is 11.9. The van der Waals surface area contributed by atoms with Crippen LogP contribution in [0, 0.1) is 0 Å². The third-order valence-corrected chi connectivity index (χ3v) is 4.30. The van der Waals surface area contributed by atoms with Gasteiger partial charge < -0.3 is 14.7 Å². The zero-order chi connectivity index (χ0) is 16.1. The van der Waals surface area contributed by atoms with Crippen LogP contribution in [-0.2, 0) is 0 Å². The molecule has 5 heteroatoms. The molecule has 1 atom stereocenters. The Balaban J connectivity index is 1.56. The van der Waals surface area contributed by atoms with Crippen molar-refractivity contribution in [1.82, 2.24) is 9.88 Å². The Labute approximate surface area is 137 Å². The van der Waals surface area contributed by atoms with Crippen molar-refractivity contribution in [2.45, 2.75) is 6.10 Å². The average molecular weight is 313 g/mol. The van der Waals surface area contributed by atoms with E-state index in [1.807, 2.05) is 30.3 Å². The van der Waals surface area contributed by atoms with Gasteiger partial charge in [0.2, 0.25) is 0 Å². The van der Waals surface area contributed by atoms with Crippen LogP contribution in [0.2, 0.25) is 0 Å². The maximum Gasteiger partial charge on any atom is 0.142 e. The molecule has 3 rings (SSSR count). The third kappa shape index (κ3) is 3.81. The van der Waals surface area contributed by atoms with Crippen LogP contribution >= 0.6 is 0 Å². The lowest BCUT2D eigenvalue weighted by Crippen LogP contribution is -2.47. The molecule has 1 unspecified atom stereocenters. The first-order valence-corrected chi connectivity index (χ1v) is 7.96. The van der Waals surface area contributed by atoms with Crippen LogP contribution in [0.3, 0.4) is 0 Å². The van der Waals surface area contributed by atoms with E-state index in [-0.39, 0.29) is 0 Å². The van der Waals surface area contributed by atoms with Crippen LogP contribution in [0.5, 0.6) is 5.75 Å². The summed E-state index contributed by atoms with van der Waals surface area (Å²) in [4.78, 5) is 8.70. The minimum atomic E-state index is -0.485. The number of ether oxygens (including phenoxy) is 1. The van der Waals surface area contributed by atoms with Gasteiger partial charge in [0.05, 0.1) is 18.9 Å². The fourth-order valence-corrected chi connectivity index (χ4v) is 2.99. The van der Waals surface area contributed by atoms with Crippen molar-refractivity contribution in [1.29, 1.82) is 0 Å². The minimum absolute atomic E-state index is 0.485. The van der Waals surface area contributed by atoms with Crippen molar-refractivity contribution in [2.24, 2.45) is 0 Å². The van der Waals surface area contributed by atoms with Crippen LogP contribution in [0.15, 0.2) is 48.8 Å². The Kier molecular flexibility index (Phi) is 5.10. The molecule has 1 aliphatic rings. The summed E-state index contributed by atoms with van der Waals surface area (Å²) in [5.41, 5.74) is 2.02. The van der Waals surface area contributed by atoms with E-state index in [0.717, 1.165) is 43.2 Å². The zero-order valence-electron chi connectivity index (χ0n) is 13.4. The number of aromatic nitrogens is 1. The fraction of sp³-hybridized carbons (Fsp3) is 0.389. The Morgan fingerprint density at radius 2 is 1.91 bits per heavy atom. The number of β-amino-alcohol motifs (C(OH)–C–C–N with tert-alkyl or cyclic N) is 1. The normalized spacial score (nSPS) is 17.0. The summed E-state index contributed by atoms with van der Waals surface area (Å²) in [6.45, 7) is 4.36. The molecule has 1 N–H and O–H groups in total. The van der Waals surface area contributed by atoms with Gasteiger partial charge in [0.1, 0.15) is 5.75 Å². The molecule has 1 aromatic carbocycles. The Bertz CT molecular complexity index is 613. The predicted molar refractivity (Wildman–Crippen MR) is 90.8 cm³/mol. The quantitative estimate of drug-likeness (QED) is 0.914. The topological polar surface area (TPSA) is 48.8 Å². The number of hydrogen-bond donors (Lipinski definition) is 1. The Hall–Kier alpha value is -2.11. The molecule has 23 heavy (non-hydrogen) atoms. The summed E-state index contributed by atoms with van der Waals surface area (Å²) >= 11 is 0. The van der Waals surface area contributed by atoms with Gasteiger partial charge in [-0.1, -0.05) is 18.2 Å². The number of pyridine rings is 1. The second-order valence-electron chi connectivity index (χ2n) is 5.76. The molecule has 1 saturated heterocycles. The molecular weight excluding hydrogens is 290 g/mol. The lowest BCUT2D eigenvalue weighted by Gasteiger charge is -2.37. The highest BCUT2D eigenvalue weighted by molar-refractivity contribution is 5.58. The summed E-state index contributed by atoms with van der Waals surface area (Å²) in [6.07, 6.45) is 2.97. The second-order valence-corrected chi connectivity index (χ2v) is 5.76. The van der Waals surface area contributed by atoms with E-state index < -0.39 is 6.10 Å². The molecule has 0 amide bonds. The first kappa shape index (κ1) is 15.8. The fourth-order valence-electron chi connectivity index (χ4n) is 2.99. The largest absolute Gasteiger partial charge is 0.495 e. The lowest BCUT2D eigenvalue weighted by molar-refractivity contribution is 0.109. The number of hydrogen-bond acceptors (Lipinski definition) is 5. The number of anilines is 1. The van der Waals surface area contributed by atoms with Crippen LogP contribution in [-0.4, -0.2) is 54.8 Å². The van der Waals surface area contributed by atoms with Gasteiger partial charge >= 0.3 is 0 Å². The monoisotopic (exact) mass is 313 g/mol. The molecule has 1 aromatic heterocycles. The second kappa shape index (κ2) is 7.44. The van der Waals surface area contributed by atoms with Crippen molar-refractivity contribution < 1.29 is 9.84 Å². The number of aliphatic hydroxyl groups excluding tert-OH is 1. The summed E-state index contributed by atoms with van der Waals surface area (Å²) in [5, 5.41) is 10.3. The molecule has 0 aliphatic carbocycles. The van der Waals surface area contributed by atoms with E-state index >= 15 is 0 Å². The van der Waals surface area contributed by atoms with Crippen LogP contribution in [0.25, 0.3) is 0 Å². The standard InChI is InChI=1S/C18H23N3O2/c1-23-18-7-3-2-6-16(18)21-11-9-20(10-12-21)14-17(22)15-5-4-8-19-13-15/h2-8,13,17,22H,9-12,14H2,1H3. The van der Waals surface area contributed by atoms with Crippen molar-refractivity contribution in [3.63, 3.8) is 0 Å². The Morgan fingerprint density at radius 1 is 1.13 bits per heavy atom. The number of nitrogens with zero attached hydrogens (tertiary/aromatic N) is 3. The molecule has 1 aliphatic heterocycles. The van der Waals surface area contributed by atoms with Crippen molar-refractivity contribution in [2.75, 3.05) is 44.7 Å². The van der Waals surface area contributed by atoms with E-state index in [0.29, 0.717) is 6.54 Å². The molecule has 0 saturated carbocycles. The number of methoxy groups -OCH3 is 1. The third-order valence-electron chi connectivity index (χ3n) is 4.30. The van der Waals surface area contributed by atoms with E-state index in [4.69, 9.17) is 4.74 Å². The van der Waals surface area contributed by atoms with Crippen molar-refractivity contribution in [3.8, 4) is 5.75 Å². The van der Waals surface area contributed by atoms with Crippen LogP contribution < -0.4 is 9.64 Å². The molecular formula is C18H23N3O2. The number of para-hydroxylation sites is 2. The molecule has 2 heterocycles. The summed E-state index contributed by atoms with van der Waals surface area (Å²) < 4.78 is 5.45. The molecule has 0 spiro atoms. The highest BCUT2D eigenvalue weighted by Crippen LogP contribution is 2.28. The molecule has 5 nitrogen and oxygen atoms in total. The van der Waals surface area contributed by atoms with E-state index in [2.05, 4.69) is 20.9 Å². The highest BCUT2D eigenvalue weighted by Gasteiger charge is 2.21. The Morgan fingerprint density at radius 3 is 2.61 bits per heavy atom. The van der Waals surface area contributed by atoms with Gasteiger partial charge in [-0.25, -0.2) is 0 Å². The highest BCUT2D eigenvalue weighted by atomic mass is 16.5. The SMILES string of the molecule is COc1ccccc1N1CCN(CC(O)c2cccnc2)CC1.